The summed E-state index contributed by atoms with van der Waals surface area (Å²) < 4.78 is 46.2. The Morgan fingerprint density at radius 1 is 1.03 bits per heavy atom. The van der Waals surface area contributed by atoms with E-state index in [0.717, 1.165) is 16.9 Å². The van der Waals surface area contributed by atoms with Crippen molar-refractivity contribution in [1.82, 2.24) is 15.1 Å². The Bertz CT molecular complexity index is 1650. The van der Waals surface area contributed by atoms with Crippen LogP contribution < -0.4 is 4.72 Å². The van der Waals surface area contributed by atoms with Crippen LogP contribution in [0.2, 0.25) is 0 Å². The predicted molar refractivity (Wildman–Crippen MR) is 138 cm³/mol. The molecule has 0 radical (unpaired) electrons. The first-order valence-electron chi connectivity index (χ1n) is 11.8. The molecule has 0 unspecified atom stereocenters. The van der Waals surface area contributed by atoms with Gasteiger partial charge in [-0.25, -0.2) is 23.1 Å². The number of anilines is 1. The van der Waals surface area contributed by atoms with Gasteiger partial charge in [-0.1, -0.05) is 43.3 Å². The summed E-state index contributed by atoms with van der Waals surface area (Å²) in [5, 5.41) is 3.85. The van der Waals surface area contributed by atoms with Crippen LogP contribution in [0.15, 0.2) is 79.4 Å². The zero-order valence-corrected chi connectivity index (χ0v) is 21.7. The normalized spacial score (nSPS) is 11.8. The molecule has 0 spiro atoms. The summed E-state index contributed by atoms with van der Waals surface area (Å²) in [4.78, 5) is 8.79. The van der Waals surface area contributed by atoms with E-state index >= 15 is 0 Å². The minimum atomic E-state index is -4.01. The van der Waals surface area contributed by atoms with E-state index in [1.807, 2.05) is 32.0 Å². The van der Waals surface area contributed by atoms with Gasteiger partial charge < -0.3 is 13.4 Å². The second-order valence-corrected chi connectivity index (χ2v) is 10.7. The Labute approximate surface area is 214 Å². The average molecular weight is 519 g/mol. The highest BCUT2D eigenvalue weighted by atomic mass is 32.2. The van der Waals surface area contributed by atoms with Crippen molar-refractivity contribution in [2.24, 2.45) is 0 Å². The van der Waals surface area contributed by atoms with E-state index in [2.05, 4.69) is 19.8 Å². The molecule has 5 aromatic rings. The fourth-order valence-electron chi connectivity index (χ4n) is 3.95. The van der Waals surface area contributed by atoms with Gasteiger partial charge in [0.1, 0.15) is 12.0 Å². The molecule has 0 bridgehead atoms. The summed E-state index contributed by atoms with van der Waals surface area (Å²) in [7, 11) is -4.01. The third-order valence-corrected chi connectivity index (χ3v) is 7.51. The fourth-order valence-corrected chi connectivity index (χ4v) is 5.22. The number of benzene rings is 2. The summed E-state index contributed by atoms with van der Waals surface area (Å²) >= 11 is 0. The third-order valence-electron chi connectivity index (χ3n) is 6.12. The maximum absolute atomic E-state index is 13.5. The number of nitrogens with one attached hydrogen (secondary N) is 1. The number of nitrogens with zero attached hydrogens (tertiary/aromatic N) is 3. The van der Waals surface area contributed by atoms with E-state index in [1.54, 1.807) is 50.5 Å². The molecule has 1 N–H and O–H groups in total. The second-order valence-electron chi connectivity index (χ2n) is 9.02. The van der Waals surface area contributed by atoms with E-state index in [1.165, 1.54) is 6.26 Å². The lowest BCUT2D eigenvalue weighted by molar-refractivity contribution is 0.430. The van der Waals surface area contributed by atoms with Crippen LogP contribution in [-0.2, 0) is 16.4 Å². The molecule has 37 heavy (non-hydrogen) atoms. The molecule has 0 aliphatic heterocycles. The standard InChI is InChI=1S/C27H26N4O5S/c1-16(2)23-15-29-25(35-23)14-20-13-19(27-28-11-12-34-27)9-10-21(20)22-7-5-6-8-24(22)37(32,33)31-26-17(3)18(4)30-36-26/h5-13,15-16,31H,14H2,1-4H3. The predicted octanol–water partition coefficient (Wildman–Crippen LogP) is 6.12. The third kappa shape index (κ3) is 4.92. The van der Waals surface area contributed by atoms with Gasteiger partial charge >= 0.3 is 0 Å². The molecule has 5 rings (SSSR count). The van der Waals surface area contributed by atoms with E-state index < -0.39 is 10.0 Å². The molecule has 3 aromatic heterocycles. The maximum Gasteiger partial charge on any atom is 0.264 e. The zero-order chi connectivity index (χ0) is 26.2. The van der Waals surface area contributed by atoms with Crippen LogP contribution in [0.5, 0.6) is 0 Å². The Morgan fingerprint density at radius 3 is 2.51 bits per heavy atom. The Kier molecular flexibility index (Phi) is 6.43. The maximum atomic E-state index is 13.5. The van der Waals surface area contributed by atoms with Crippen molar-refractivity contribution >= 4 is 15.9 Å². The summed E-state index contributed by atoms with van der Waals surface area (Å²) in [5.41, 5.74) is 4.04. The van der Waals surface area contributed by atoms with Crippen molar-refractivity contribution in [2.75, 3.05) is 4.72 Å². The monoisotopic (exact) mass is 518 g/mol. The molecule has 0 aliphatic carbocycles. The lowest BCUT2D eigenvalue weighted by Gasteiger charge is -2.15. The second kappa shape index (κ2) is 9.70. The minimum Gasteiger partial charge on any atom is -0.445 e. The summed E-state index contributed by atoms with van der Waals surface area (Å²) in [5.74, 6) is 2.06. The molecule has 190 valence electrons. The lowest BCUT2D eigenvalue weighted by Crippen LogP contribution is -2.14. The highest BCUT2D eigenvalue weighted by molar-refractivity contribution is 7.92. The largest absolute Gasteiger partial charge is 0.445 e. The van der Waals surface area contributed by atoms with E-state index in [4.69, 9.17) is 13.4 Å². The number of hydrogen-bond acceptors (Lipinski definition) is 8. The first-order chi connectivity index (χ1) is 17.7. The van der Waals surface area contributed by atoms with Crippen LogP contribution >= 0.6 is 0 Å². The van der Waals surface area contributed by atoms with Crippen molar-refractivity contribution < 1.29 is 21.8 Å². The summed E-state index contributed by atoms with van der Waals surface area (Å²) in [6.07, 6.45) is 5.15. The van der Waals surface area contributed by atoms with Crippen LogP contribution in [-0.4, -0.2) is 23.5 Å². The average Bonchev–Trinajstić information content (AvgIpc) is 3.64. The van der Waals surface area contributed by atoms with Gasteiger partial charge in [0, 0.05) is 29.0 Å². The number of aryl methyl sites for hydroxylation is 1. The van der Waals surface area contributed by atoms with Crippen LogP contribution in [0.1, 0.15) is 48.2 Å². The number of rotatable bonds is 8. The van der Waals surface area contributed by atoms with E-state index in [-0.39, 0.29) is 16.7 Å². The molecule has 2 aromatic carbocycles. The Morgan fingerprint density at radius 2 is 1.84 bits per heavy atom. The van der Waals surface area contributed by atoms with E-state index in [9.17, 15) is 8.42 Å². The van der Waals surface area contributed by atoms with Crippen LogP contribution in [0, 0.1) is 13.8 Å². The van der Waals surface area contributed by atoms with Crippen molar-refractivity contribution in [3.05, 3.63) is 89.6 Å². The minimum absolute atomic E-state index is 0.0905. The smallest absolute Gasteiger partial charge is 0.264 e. The first kappa shape index (κ1) is 24.5. The fraction of sp³-hybridized carbons (Fsp3) is 0.222. The Balaban J connectivity index is 1.61. The van der Waals surface area contributed by atoms with Crippen molar-refractivity contribution in [3.63, 3.8) is 0 Å². The molecule has 0 saturated carbocycles. The number of aromatic nitrogens is 3. The molecule has 0 fully saturated rings. The molecule has 0 amide bonds. The van der Waals surface area contributed by atoms with Crippen LogP contribution in [0.4, 0.5) is 5.88 Å². The van der Waals surface area contributed by atoms with Crippen LogP contribution in [0.25, 0.3) is 22.6 Å². The van der Waals surface area contributed by atoms with Gasteiger partial charge in [0.25, 0.3) is 10.0 Å². The van der Waals surface area contributed by atoms with Crippen molar-refractivity contribution in [1.29, 1.82) is 0 Å². The molecule has 0 saturated heterocycles. The highest BCUT2D eigenvalue weighted by Crippen LogP contribution is 2.35. The van der Waals surface area contributed by atoms with Crippen molar-refractivity contribution in [3.8, 4) is 22.6 Å². The molecular weight excluding hydrogens is 492 g/mol. The van der Waals surface area contributed by atoms with Crippen LogP contribution in [0.3, 0.4) is 0 Å². The number of sulfonamides is 1. The number of hydrogen-bond donors (Lipinski definition) is 1. The van der Waals surface area contributed by atoms with Gasteiger partial charge in [0.05, 0.1) is 23.0 Å². The molecule has 10 heteroatoms. The number of oxazole rings is 2. The van der Waals surface area contributed by atoms with Gasteiger partial charge in [0.2, 0.25) is 11.8 Å². The summed E-state index contributed by atoms with van der Waals surface area (Å²) in [6, 6.07) is 12.4. The highest BCUT2D eigenvalue weighted by Gasteiger charge is 2.24. The molecule has 0 atom stereocenters. The molecule has 3 heterocycles. The topological polar surface area (TPSA) is 124 Å². The summed E-state index contributed by atoms with van der Waals surface area (Å²) in [6.45, 7) is 7.56. The molecule has 9 nitrogen and oxygen atoms in total. The van der Waals surface area contributed by atoms with Gasteiger partial charge in [-0.05, 0) is 43.2 Å². The quantitative estimate of drug-likeness (QED) is 0.261. The SMILES string of the molecule is Cc1noc(NS(=O)(=O)c2ccccc2-c2ccc(-c3ncco3)cc2Cc2ncc(C(C)C)o2)c1C. The van der Waals surface area contributed by atoms with E-state index in [0.29, 0.717) is 40.6 Å². The molecule has 0 aliphatic rings. The van der Waals surface area contributed by atoms with Crippen molar-refractivity contribution in [2.45, 2.75) is 44.9 Å². The molecular formula is C27H26N4O5S. The van der Waals surface area contributed by atoms with Gasteiger partial charge in [-0.2, -0.15) is 0 Å². The van der Waals surface area contributed by atoms with Gasteiger partial charge in [0.15, 0.2) is 5.89 Å². The first-order valence-corrected chi connectivity index (χ1v) is 13.2. The van der Waals surface area contributed by atoms with Gasteiger partial charge in [-0.15, -0.1) is 0 Å². The van der Waals surface area contributed by atoms with Gasteiger partial charge in [-0.3, -0.25) is 0 Å². The lowest BCUT2D eigenvalue weighted by atomic mass is 9.95. The Hall–Kier alpha value is -4.18. The zero-order valence-electron chi connectivity index (χ0n) is 20.8.